The first-order chi connectivity index (χ1) is 10.0. The maximum atomic E-state index is 12.3. The lowest BCUT2D eigenvalue weighted by Crippen LogP contribution is -2.42. The second-order valence-electron chi connectivity index (χ2n) is 5.26. The highest BCUT2D eigenvalue weighted by molar-refractivity contribution is 6.43. The van der Waals surface area contributed by atoms with Crippen molar-refractivity contribution in [3.8, 4) is 0 Å². The molecule has 0 heterocycles. The smallest absolute Gasteiger partial charge is 0.308 e. The van der Waals surface area contributed by atoms with Crippen LogP contribution >= 0.6 is 23.2 Å². The van der Waals surface area contributed by atoms with Gasteiger partial charge in [-0.1, -0.05) is 48.5 Å². The number of carboxylic acids is 1. The van der Waals surface area contributed by atoms with Crippen LogP contribution in [0.3, 0.4) is 0 Å². The number of hydrogen-bond acceptors (Lipinski definition) is 2. The first-order valence-electron chi connectivity index (χ1n) is 6.98. The Hall–Kier alpha value is -1.26. The molecule has 1 aromatic carbocycles. The van der Waals surface area contributed by atoms with Crippen molar-refractivity contribution in [2.24, 2.45) is 5.92 Å². The van der Waals surface area contributed by atoms with E-state index in [1.807, 2.05) is 0 Å². The second kappa shape index (κ2) is 7.14. The van der Waals surface area contributed by atoms with Crippen molar-refractivity contribution in [1.82, 2.24) is 5.32 Å². The van der Waals surface area contributed by atoms with E-state index in [0.717, 1.165) is 19.3 Å². The SMILES string of the molecule is O=C(NC1CCCCCC1C(=O)O)c1cccc(Cl)c1Cl. The van der Waals surface area contributed by atoms with Crippen LogP contribution in [-0.4, -0.2) is 23.0 Å². The van der Waals surface area contributed by atoms with E-state index in [1.165, 1.54) is 0 Å². The molecular formula is C15H17Cl2NO3. The minimum absolute atomic E-state index is 0.192. The molecule has 0 radical (unpaired) electrons. The van der Waals surface area contributed by atoms with Gasteiger partial charge in [-0.05, 0) is 25.0 Å². The Bertz CT molecular complexity index is 548. The van der Waals surface area contributed by atoms with Crippen LogP contribution < -0.4 is 5.32 Å². The van der Waals surface area contributed by atoms with E-state index in [-0.39, 0.29) is 22.5 Å². The number of carbonyl (C=O) groups excluding carboxylic acids is 1. The Balaban J connectivity index is 2.16. The fourth-order valence-corrected chi connectivity index (χ4v) is 3.09. The monoisotopic (exact) mass is 329 g/mol. The molecule has 1 aliphatic carbocycles. The van der Waals surface area contributed by atoms with E-state index >= 15 is 0 Å². The van der Waals surface area contributed by atoms with E-state index in [9.17, 15) is 14.7 Å². The van der Waals surface area contributed by atoms with Gasteiger partial charge in [0, 0.05) is 6.04 Å². The largest absolute Gasteiger partial charge is 0.481 e. The van der Waals surface area contributed by atoms with Gasteiger partial charge in [0.2, 0.25) is 0 Å². The summed E-state index contributed by atoms with van der Waals surface area (Å²) in [5.41, 5.74) is 0.276. The number of rotatable bonds is 3. The van der Waals surface area contributed by atoms with Gasteiger partial charge in [-0.25, -0.2) is 0 Å². The molecule has 114 valence electrons. The summed E-state index contributed by atoms with van der Waals surface area (Å²) < 4.78 is 0. The van der Waals surface area contributed by atoms with Crippen molar-refractivity contribution in [2.45, 2.75) is 38.1 Å². The van der Waals surface area contributed by atoms with Crippen molar-refractivity contribution >= 4 is 35.1 Å². The molecule has 1 saturated carbocycles. The molecule has 21 heavy (non-hydrogen) atoms. The third kappa shape index (κ3) is 3.89. The molecule has 1 aromatic rings. The zero-order valence-electron chi connectivity index (χ0n) is 11.4. The molecule has 1 fully saturated rings. The van der Waals surface area contributed by atoms with Crippen LogP contribution in [0, 0.1) is 5.92 Å². The van der Waals surface area contributed by atoms with Gasteiger partial charge >= 0.3 is 5.97 Å². The van der Waals surface area contributed by atoms with E-state index in [2.05, 4.69) is 5.32 Å². The number of nitrogens with one attached hydrogen (secondary N) is 1. The summed E-state index contributed by atoms with van der Waals surface area (Å²) in [7, 11) is 0. The number of hydrogen-bond donors (Lipinski definition) is 2. The summed E-state index contributed by atoms with van der Waals surface area (Å²) in [6.07, 6.45) is 4.04. The average Bonchev–Trinajstić information content (AvgIpc) is 2.67. The van der Waals surface area contributed by atoms with E-state index in [1.54, 1.807) is 18.2 Å². The Morgan fingerprint density at radius 1 is 1.14 bits per heavy atom. The lowest BCUT2D eigenvalue weighted by molar-refractivity contribution is -0.142. The topological polar surface area (TPSA) is 66.4 Å². The van der Waals surface area contributed by atoms with Crippen molar-refractivity contribution in [1.29, 1.82) is 0 Å². The van der Waals surface area contributed by atoms with Crippen LogP contribution in [0.2, 0.25) is 10.0 Å². The molecule has 0 saturated heterocycles. The molecule has 2 atom stereocenters. The van der Waals surface area contributed by atoms with Gasteiger partial charge in [-0.3, -0.25) is 9.59 Å². The predicted molar refractivity (Wildman–Crippen MR) is 81.9 cm³/mol. The maximum absolute atomic E-state index is 12.3. The predicted octanol–water partition coefficient (Wildman–Crippen LogP) is 3.76. The Kier molecular flexibility index (Phi) is 5.48. The molecule has 6 heteroatoms. The third-order valence-electron chi connectivity index (χ3n) is 3.85. The maximum Gasteiger partial charge on any atom is 0.308 e. The van der Waals surface area contributed by atoms with Gasteiger partial charge in [-0.2, -0.15) is 0 Å². The number of amides is 1. The van der Waals surface area contributed by atoms with Crippen LogP contribution in [0.4, 0.5) is 0 Å². The van der Waals surface area contributed by atoms with Crippen LogP contribution in [0.1, 0.15) is 42.5 Å². The van der Waals surface area contributed by atoms with E-state index in [4.69, 9.17) is 23.2 Å². The van der Waals surface area contributed by atoms with Crippen LogP contribution in [0.5, 0.6) is 0 Å². The summed E-state index contributed by atoms with van der Waals surface area (Å²) >= 11 is 11.9. The highest BCUT2D eigenvalue weighted by Crippen LogP contribution is 2.27. The molecule has 0 spiro atoms. The molecule has 2 N–H and O–H groups in total. The fourth-order valence-electron chi connectivity index (χ4n) is 2.70. The quantitative estimate of drug-likeness (QED) is 0.830. The molecule has 2 rings (SSSR count). The van der Waals surface area contributed by atoms with Gasteiger partial charge < -0.3 is 10.4 Å². The molecule has 4 nitrogen and oxygen atoms in total. The minimum atomic E-state index is -0.862. The molecule has 0 bridgehead atoms. The summed E-state index contributed by atoms with van der Waals surface area (Å²) in [5, 5.41) is 12.6. The third-order valence-corrected chi connectivity index (χ3v) is 4.66. The summed E-state index contributed by atoms with van der Waals surface area (Å²) in [5.74, 6) is -1.78. The number of aliphatic carboxylic acids is 1. The van der Waals surface area contributed by atoms with Crippen LogP contribution in [-0.2, 0) is 4.79 Å². The fraction of sp³-hybridized carbons (Fsp3) is 0.467. The molecular weight excluding hydrogens is 313 g/mol. The molecule has 1 aliphatic rings. The Morgan fingerprint density at radius 2 is 1.86 bits per heavy atom. The number of benzene rings is 1. The number of carbonyl (C=O) groups is 2. The van der Waals surface area contributed by atoms with Gasteiger partial charge in [-0.15, -0.1) is 0 Å². The van der Waals surface area contributed by atoms with E-state index in [0.29, 0.717) is 17.9 Å². The summed E-state index contributed by atoms with van der Waals surface area (Å²) in [6.45, 7) is 0. The molecule has 1 amide bonds. The van der Waals surface area contributed by atoms with Gasteiger partial charge in [0.25, 0.3) is 5.91 Å². The normalized spacial score (nSPS) is 22.4. The standard InChI is InChI=1S/C15H17Cl2NO3/c16-11-7-4-6-10(13(11)17)14(19)18-12-8-3-1-2-5-9(12)15(20)21/h4,6-7,9,12H,1-3,5,8H2,(H,18,19)(H,20,21). The zero-order valence-corrected chi connectivity index (χ0v) is 13.0. The van der Waals surface area contributed by atoms with Crippen LogP contribution in [0.15, 0.2) is 18.2 Å². The molecule has 2 unspecified atom stereocenters. The Morgan fingerprint density at radius 3 is 2.57 bits per heavy atom. The Labute approximate surface area is 133 Å². The average molecular weight is 330 g/mol. The molecule has 0 aliphatic heterocycles. The highest BCUT2D eigenvalue weighted by Gasteiger charge is 2.31. The van der Waals surface area contributed by atoms with Crippen molar-refractivity contribution < 1.29 is 14.7 Å². The van der Waals surface area contributed by atoms with Crippen molar-refractivity contribution in [2.75, 3.05) is 0 Å². The van der Waals surface area contributed by atoms with Gasteiger partial charge in [0.15, 0.2) is 0 Å². The van der Waals surface area contributed by atoms with Gasteiger partial charge in [0.1, 0.15) is 0 Å². The van der Waals surface area contributed by atoms with E-state index < -0.39 is 11.9 Å². The lowest BCUT2D eigenvalue weighted by atomic mass is 9.94. The van der Waals surface area contributed by atoms with Crippen LogP contribution in [0.25, 0.3) is 0 Å². The van der Waals surface area contributed by atoms with Gasteiger partial charge in [0.05, 0.1) is 21.5 Å². The molecule has 0 aromatic heterocycles. The zero-order chi connectivity index (χ0) is 15.4. The van der Waals surface area contributed by atoms with Crippen molar-refractivity contribution in [3.05, 3.63) is 33.8 Å². The number of halogens is 2. The summed E-state index contributed by atoms with van der Waals surface area (Å²) in [4.78, 5) is 23.7. The summed E-state index contributed by atoms with van der Waals surface area (Å²) in [6, 6.07) is 4.46. The highest BCUT2D eigenvalue weighted by atomic mass is 35.5. The lowest BCUT2D eigenvalue weighted by Gasteiger charge is -2.23. The first kappa shape index (κ1) is 16.1. The number of carboxylic acid groups (broad SMARTS) is 1. The second-order valence-corrected chi connectivity index (χ2v) is 6.05. The van der Waals surface area contributed by atoms with Crippen molar-refractivity contribution in [3.63, 3.8) is 0 Å². The minimum Gasteiger partial charge on any atom is -0.481 e. The first-order valence-corrected chi connectivity index (χ1v) is 7.74.